The Bertz CT molecular complexity index is 567. The third-order valence-electron chi connectivity index (χ3n) is 4.33. The van der Waals surface area contributed by atoms with Gasteiger partial charge in [0.2, 0.25) is 0 Å². The zero-order chi connectivity index (χ0) is 17.5. The van der Waals surface area contributed by atoms with Gasteiger partial charge < -0.3 is 18.9 Å². The number of hydrogen-bond acceptors (Lipinski definition) is 5. The maximum atomic E-state index is 12.2. The van der Waals surface area contributed by atoms with Crippen molar-refractivity contribution in [2.75, 3.05) is 27.8 Å². The molecule has 0 saturated heterocycles. The van der Waals surface area contributed by atoms with E-state index in [-0.39, 0.29) is 31.2 Å². The third-order valence-corrected chi connectivity index (χ3v) is 4.33. The molecule has 132 valence electrons. The summed E-state index contributed by atoms with van der Waals surface area (Å²) in [6, 6.07) is 5.64. The van der Waals surface area contributed by atoms with E-state index in [2.05, 4.69) is 13.0 Å². The van der Waals surface area contributed by atoms with Crippen molar-refractivity contribution >= 4 is 5.78 Å². The summed E-state index contributed by atoms with van der Waals surface area (Å²) < 4.78 is 21.5. The smallest absolute Gasteiger partial charge is 0.188 e. The van der Waals surface area contributed by atoms with Gasteiger partial charge in [-0.1, -0.05) is 17.7 Å². The van der Waals surface area contributed by atoms with Gasteiger partial charge in [-0.3, -0.25) is 4.79 Å². The minimum Gasteiger partial charge on any atom is -0.467 e. The van der Waals surface area contributed by atoms with Crippen LogP contribution in [-0.4, -0.2) is 33.6 Å². The Morgan fingerprint density at radius 2 is 1.71 bits per heavy atom. The topological polar surface area (TPSA) is 54.0 Å². The normalized spacial score (nSPS) is 20.4. The highest BCUT2D eigenvalue weighted by atomic mass is 16.7. The molecular formula is C19H26O5. The van der Waals surface area contributed by atoms with E-state index < -0.39 is 0 Å². The summed E-state index contributed by atoms with van der Waals surface area (Å²) in [6.45, 7) is 4.02. The van der Waals surface area contributed by atoms with Gasteiger partial charge in [-0.15, -0.1) is 0 Å². The molecule has 0 saturated carbocycles. The molecule has 0 fully saturated rings. The van der Waals surface area contributed by atoms with Crippen molar-refractivity contribution < 1.29 is 23.7 Å². The summed E-state index contributed by atoms with van der Waals surface area (Å²) in [5, 5.41) is 0. The number of rotatable bonds is 8. The molecule has 0 radical (unpaired) electrons. The van der Waals surface area contributed by atoms with Crippen molar-refractivity contribution in [2.45, 2.75) is 32.6 Å². The number of carbonyl (C=O) groups is 1. The van der Waals surface area contributed by atoms with Gasteiger partial charge in [0.25, 0.3) is 0 Å². The molecule has 2 atom stereocenters. The second kappa shape index (κ2) is 8.85. The fourth-order valence-corrected chi connectivity index (χ4v) is 3.20. The third kappa shape index (κ3) is 4.36. The lowest BCUT2D eigenvalue weighted by atomic mass is 9.74. The summed E-state index contributed by atoms with van der Waals surface area (Å²) in [6.07, 6.45) is 3.74. The first-order chi connectivity index (χ1) is 11.6. The van der Waals surface area contributed by atoms with E-state index in [0.717, 1.165) is 18.4 Å². The number of Topliss-reactive ketones (excluding diaryl/α,β-unsaturated/α-hetero) is 1. The average molecular weight is 334 g/mol. The molecule has 0 aliphatic heterocycles. The molecule has 1 aliphatic rings. The largest absolute Gasteiger partial charge is 0.467 e. The molecule has 0 heterocycles. The van der Waals surface area contributed by atoms with Crippen LogP contribution < -0.4 is 9.47 Å². The highest BCUT2D eigenvalue weighted by Crippen LogP contribution is 2.45. The zero-order valence-corrected chi connectivity index (χ0v) is 14.8. The Morgan fingerprint density at radius 1 is 1.12 bits per heavy atom. The van der Waals surface area contributed by atoms with E-state index in [4.69, 9.17) is 18.9 Å². The van der Waals surface area contributed by atoms with Crippen LogP contribution in [-0.2, 0) is 14.3 Å². The summed E-state index contributed by atoms with van der Waals surface area (Å²) >= 11 is 0. The van der Waals surface area contributed by atoms with Crippen LogP contribution in [0.25, 0.3) is 0 Å². The Morgan fingerprint density at radius 3 is 2.21 bits per heavy atom. The Kier molecular flexibility index (Phi) is 6.82. The first-order valence-electron chi connectivity index (χ1n) is 8.11. The lowest BCUT2D eigenvalue weighted by Crippen LogP contribution is -2.24. The molecule has 1 aliphatic carbocycles. The molecule has 0 N–H and O–H groups in total. The predicted molar refractivity (Wildman–Crippen MR) is 91.4 cm³/mol. The number of methoxy groups -OCH3 is 2. The highest BCUT2D eigenvalue weighted by molar-refractivity contribution is 5.80. The van der Waals surface area contributed by atoms with Crippen molar-refractivity contribution in [1.82, 2.24) is 0 Å². The molecule has 0 spiro atoms. The van der Waals surface area contributed by atoms with E-state index in [1.54, 1.807) is 21.1 Å². The van der Waals surface area contributed by atoms with Gasteiger partial charge in [0.15, 0.2) is 13.6 Å². The minimum absolute atomic E-state index is 0.0195. The van der Waals surface area contributed by atoms with Gasteiger partial charge in [0.1, 0.15) is 17.3 Å². The minimum atomic E-state index is -0.0767. The fraction of sp³-hybridized carbons (Fsp3) is 0.526. The second-order valence-corrected chi connectivity index (χ2v) is 6.08. The number of allylic oxidation sites excluding steroid dienone is 2. The first-order valence-corrected chi connectivity index (χ1v) is 8.11. The van der Waals surface area contributed by atoms with Crippen molar-refractivity contribution in [3.05, 3.63) is 35.4 Å². The fourth-order valence-electron chi connectivity index (χ4n) is 3.20. The van der Waals surface area contributed by atoms with Gasteiger partial charge in [-0.2, -0.15) is 0 Å². The Hall–Kier alpha value is -1.85. The van der Waals surface area contributed by atoms with E-state index in [9.17, 15) is 4.79 Å². The number of ketones is 1. The van der Waals surface area contributed by atoms with E-state index in [0.29, 0.717) is 11.5 Å². The van der Waals surface area contributed by atoms with Crippen LogP contribution in [0.5, 0.6) is 11.5 Å². The first kappa shape index (κ1) is 18.5. The SMILES string of the molecule is COCOc1cccc(OCOC)c1[C@@H]1CC=C(C)C[C@H]1C(C)=O. The Labute approximate surface area is 143 Å². The van der Waals surface area contributed by atoms with Gasteiger partial charge >= 0.3 is 0 Å². The van der Waals surface area contributed by atoms with E-state index in [1.807, 2.05) is 18.2 Å². The monoisotopic (exact) mass is 334 g/mol. The van der Waals surface area contributed by atoms with Crippen LogP contribution in [0.1, 0.15) is 38.2 Å². The van der Waals surface area contributed by atoms with Crippen LogP contribution in [0.15, 0.2) is 29.8 Å². The number of carbonyl (C=O) groups excluding carboxylic acids is 1. The average Bonchev–Trinajstić information content (AvgIpc) is 2.58. The predicted octanol–water partition coefficient (Wildman–Crippen LogP) is 3.68. The van der Waals surface area contributed by atoms with Crippen molar-refractivity contribution in [3.63, 3.8) is 0 Å². The van der Waals surface area contributed by atoms with Crippen LogP contribution in [0, 0.1) is 5.92 Å². The maximum Gasteiger partial charge on any atom is 0.188 e. The number of hydrogen-bond donors (Lipinski definition) is 0. The highest BCUT2D eigenvalue weighted by Gasteiger charge is 2.33. The molecule has 0 bridgehead atoms. The molecular weight excluding hydrogens is 308 g/mol. The Balaban J connectivity index is 2.45. The van der Waals surface area contributed by atoms with Gasteiger partial charge in [0, 0.05) is 31.6 Å². The molecule has 0 aromatic heterocycles. The van der Waals surface area contributed by atoms with Crippen LogP contribution in [0.2, 0.25) is 0 Å². The molecule has 5 heteroatoms. The van der Waals surface area contributed by atoms with E-state index >= 15 is 0 Å². The van der Waals surface area contributed by atoms with Crippen LogP contribution >= 0.6 is 0 Å². The lowest BCUT2D eigenvalue weighted by molar-refractivity contribution is -0.121. The lowest BCUT2D eigenvalue weighted by Gasteiger charge is -2.31. The molecule has 1 aromatic carbocycles. The van der Waals surface area contributed by atoms with Crippen molar-refractivity contribution in [3.8, 4) is 11.5 Å². The van der Waals surface area contributed by atoms with Gasteiger partial charge in [0.05, 0.1) is 0 Å². The number of benzene rings is 1. The van der Waals surface area contributed by atoms with Gasteiger partial charge in [-0.05, 0) is 38.8 Å². The molecule has 2 rings (SSSR count). The standard InChI is InChI=1S/C19H26O5/c1-13-8-9-15(16(10-13)14(2)20)19-17(23-11-21-3)6-5-7-18(19)24-12-22-4/h5-8,15-16H,9-12H2,1-4H3/t15-,16+/m1/s1. The summed E-state index contributed by atoms with van der Waals surface area (Å²) in [4.78, 5) is 12.2. The van der Waals surface area contributed by atoms with Crippen LogP contribution in [0.4, 0.5) is 0 Å². The molecule has 5 nitrogen and oxygen atoms in total. The molecule has 0 amide bonds. The quantitative estimate of drug-likeness (QED) is 0.536. The summed E-state index contributed by atoms with van der Waals surface area (Å²) in [5.41, 5.74) is 2.16. The summed E-state index contributed by atoms with van der Waals surface area (Å²) in [5.74, 6) is 1.51. The van der Waals surface area contributed by atoms with Gasteiger partial charge in [-0.25, -0.2) is 0 Å². The van der Waals surface area contributed by atoms with Crippen LogP contribution in [0.3, 0.4) is 0 Å². The molecule has 1 aromatic rings. The van der Waals surface area contributed by atoms with Crippen molar-refractivity contribution in [2.24, 2.45) is 5.92 Å². The van der Waals surface area contributed by atoms with Crippen molar-refractivity contribution in [1.29, 1.82) is 0 Å². The maximum absolute atomic E-state index is 12.2. The molecule has 0 unspecified atom stereocenters. The number of ether oxygens (including phenoxy) is 4. The van der Waals surface area contributed by atoms with E-state index in [1.165, 1.54) is 5.57 Å². The zero-order valence-electron chi connectivity index (χ0n) is 14.8. The molecule has 24 heavy (non-hydrogen) atoms. The summed E-state index contributed by atoms with van der Waals surface area (Å²) in [7, 11) is 3.16. The second-order valence-electron chi connectivity index (χ2n) is 6.08.